The highest BCUT2D eigenvalue weighted by atomic mass is 16.5. The molecule has 0 spiro atoms. The number of aliphatic hydroxyl groups excluding tert-OH is 2. The minimum absolute atomic E-state index is 0.0419. The Labute approximate surface area is 145 Å². The van der Waals surface area contributed by atoms with E-state index in [0.717, 1.165) is 25.9 Å². The van der Waals surface area contributed by atoms with Crippen LogP contribution in [0.25, 0.3) is 0 Å². The van der Waals surface area contributed by atoms with Gasteiger partial charge in [0.15, 0.2) is 0 Å². The van der Waals surface area contributed by atoms with Gasteiger partial charge in [-0.05, 0) is 55.3 Å². The minimum atomic E-state index is -0.453. The molecule has 0 saturated heterocycles. The monoisotopic (exact) mass is 332 g/mol. The molecule has 0 amide bonds. The van der Waals surface area contributed by atoms with Gasteiger partial charge in [0.05, 0.1) is 18.8 Å². The molecule has 0 aliphatic heterocycles. The van der Waals surface area contributed by atoms with Crippen molar-refractivity contribution in [2.75, 3.05) is 13.7 Å². The van der Waals surface area contributed by atoms with Crippen LogP contribution < -0.4 is 0 Å². The zero-order chi connectivity index (χ0) is 17.1. The number of allylic oxidation sites excluding steroid dienone is 1. The molecule has 8 atom stereocenters. The Bertz CT molecular complexity index is 567. The van der Waals surface area contributed by atoms with Gasteiger partial charge in [-0.1, -0.05) is 37.6 Å². The SMILES string of the molecule is COC[C@@H]1C[C@H]2[C@@H]3CC[C@H](O)[C@@]3(C)CC[C@@H]2[C@@]2(C)C=CC(O)C=C12. The molecule has 1 unspecified atom stereocenters. The Kier molecular flexibility index (Phi) is 3.98. The van der Waals surface area contributed by atoms with E-state index in [1.54, 1.807) is 7.11 Å². The first-order valence-corrected chi connectivity index (χ1v) is 9.67. The van der Waals surface area contributed by atoms with Crippen molar-refractivity contribution in [2.45, 2.75) is 58.2 Å². The molecule has 3 heteroatoms. The van der Waals surface area contributed by atoms with Gasteiger partial charge < -0.3 is 14.9 Å². The lowest BCUT2D eigenvalue weighted by Gasteiger charge is -2.58. The standard InChI is InChI=1S/C21H32O3/c1-20-8-6-14(22)11-18(20)13(12-24-3)10-15-16-4-5-19(23)21(16,2)9-7-17(15)20/h6,8,11,13-17,19,22-23H,4-5,7,9-10,12H2,1-3H3/t13-,14?,15-,16-,17-,19-,20+,21-/m0/s1. The summed E-state index contributed by atoms with van der Waals surface area (Å²) in [5.74, 6) is 2.30. The molecule has 0 bridgehead atoms. The van der Waals surface area contributed by atoms with E-state index in [4.69, 9.17) is 4.74 Å². The third-order valence-corrected chi connectivity index (χ3v) is 8.13. The summed E-state index contributed by atoms with van der Waals surface area (Å²) in [6.07, 6.45) is 11.3. The molecule has 4 rings (SSSR count). The topological polar surface area (TPSA) is 49.7 Å². The Hall–Kier alpha value is -0.640. The molecule has 3 saturated carbocycles. The van der Waals surface area contributed by atoms with Crippen molar-refractivity contribution in [2.24, 2.45) is 34.5 Å². The fourth-order valence-electron chi connectivity index (χ4n) is 6.88. The van der Waals surface area contributed by atoms with Gasteiger partial charge >= 0.3 is 0 Å². The van der Waals surface area contributed by atoms with E-state index in [1.807, 2.05) is 6.08 Å². The normalized spacial score (nSPS) is 53.1. The molecular weight excluding hydrogens is 300 g/mol. The molecule has 0 aromatic rings. The number of fused-ring (bicyclic) bond motifs is 5. The molecule has 0 heterocycles. The third kappa shape index (κ3) is 2.21. The largest absolute Gasteiger partial charge is 0.393 e. The molecule has 3 fully saturated rings. The summed E-state index contributed by atoms with van der Waals surface area (Å²) in [5, 5.41) is 20.7. The molecule has 0 radical (unpaired) electrons. The highest BCUT2D eigenvalue weighted by Gasteiger charge is 2.59. The van der Waals surface area contributed by atoms with Crippen molar-refractivity contribution < 1.29 is 14.9 Å². The lowest BCUT2D eigenvalue weighted by atomic mass is 9.46. The van der Waals surface area contributed by atoms with E-state index in [2.05, 4.69) is 26.0 Å². The summed E-state index contributed by atoms with van der Waals surface area (Å²) in [7, 11) is 1.78. The molecule has 4 aliphatic rings. The van der Waals surface area contributed by atoms with Crippen molar-refractivity contribution in [1.82, 2.24) is 0 Å². The Morgan fingerprint density at radius 2 is 1.96 bits per heavy atom. The van der Waals surface area contributed by atoms with Crippen LogP contribution in [0.4, 0.5) is 0 Å². The van der Waals surface area contributed by atoms with Crippen molar-refractivity contribution >= 4 is 0 Å². The minimum Gasteiger partial charge on any atom is -0.393 e. The highest BCUT2D eigenvalue weighted by Crippen LogP contribution is 2.65. The number of hydrogen-bond donors (Lipinski definition) is 2. The molecule has 3 nitrogen and oxygen atoms in total. The van der Waals surface area contributed by atoms with Crippen molar-refractivity contribution in [3.8, 4) is 0 Å². The van der Waals surface area contributed by atoms with Gasteiger partial charge in [-0.2, -0.15) is 0 Å². The predicted octanol–water partition coefficient (Wildman–Crippen LogP) is 3.32. The van der Waals surface area contributed by atoms with E-state index >= 15 is 0 Å². The molecule has 2 N–H and O–H groups in total. The maximum absolute atomic E-state index is 10.6. The summed E-state index contributed by atoms with van der Waals surface area (Å²) in [6.45, 7) is 5.43. The maximum atomic E-state index is 10.6. The van der Waals surface area contributed by atoms with Crippen LogP contribution in [0.1, 0.15) is 46.0 Å². The molecule has 0 aromatic carbocycles. The van der Waals surface area contributed by atoms with Gasteiger partial charge in [-0.3, -0.25) is 0 Å². The van der Waals surface area contributed by atoms with Crippen LogP contribution in [0.2, 0.25) is 0 Å². The molecule has 134 valence electrons. The van der Waals surface area contributed by atoms with Crippen molar-refractivity contribution in [3.05, 3.63) is 23.8 Å². The van der Waals surface area contributed by atoms with Gasteiger partial charge in [-0.25, -0.2) is 0 Å². The quantitative estimate of drug-likeness (QED) is 0.763. The van der Waals surface area contributed by atoms with Gasteiger partial charge in [-0.15, -0.1) is 0 Å². The highest BCUT2D eigenvalue weighted by molar-refractivity contribution is 5.35. The van der Waals surface area contributed by atoms with Crippen LogP contribution in [-0.4, -0.2) is 36.1 Å². The fourth-order valence-corrected chi connectivity index (χ4v) is 6.88. The molecule has 0 aromatic heterocycles. The second-order valence-corrected chi connectivity index (χ2v) is 9.16. The van der Waals surface area contributed by atoms with Crippen molar-refractivity contribution in [1.29, 1.82) is 0 Å². The van der Waals surface area contributed by atoms with E-state index < -0.39 is 6.10 Å². The van der Waals surface area contributed by atoms with Gasteiger partial charge in [0.25, 0.3) is 0 Å². The van der Waals surface area contributed by atoms with E-state index in [9.17, 15) is 10.2 Å². The average molecular weight is 332 g/mol. The first-order valence-electron chi connectivity index (χ1n) is 9.67. The van der Waals surface area contributed by atoms with Crippen LogP contribution in [0.3, 0.4) is 0 Å². The van der Waals surface area contributed by atoms with Crippen molar-refractivity contribution in [3.63, 3.8) is 0 Å². The number of rotatable bonds is 2. The molecule has 4 aliphatic carbocycles. The van der Waals surface area contributed by atoms with Gasteiger partial charge in [0.2, 0.25) is 0 Å². The lowest BCUT2D eigenvalue weighted by Crippen LogP contribution is -2.53. The van der Waals surface area contributed by atoms with Crippen LogP contribution in [-0.2, 0) is 4.74 Å². The zero-order valence-electron chi connectivity index (χ0n) is 15.2. The fraction of sp³-hybridized carbons (Fsp3) is 0.810. The molecule has 24 heavy (non-hydrogen) atoms. The lowest BCUT2D eigenvalue weighted by molar-refractivity contribution is -0.0746. The second kappa shape index (κ2) is 5.69. The Morgan fingerprint density at radius 1 is 1.17 bits per heavy atom. The summed E-state index contributed by atoms with van der Waals surface area (Å²) in [6, 6.07) is 0. The smallest absolute Gasteiger partial charge is 0.0905 e. The zero-order valence-corrected chi connectivity index (χ0v) is 15.2. The number of methoxy groups -OCH3 is 1. The summed E-state index contributed by atoms with van der Waals surface area (Å²) < 4.78 is 5.55. The molecular formula is C21H32O3. The maximum Gasteiger partial charge on any atom is 0.0905 e. The van der Waals surface area contributed by atoms with E-state index in [1.165, 1.54) is 18.4 Å². The number of hydrogen-bond acceptors (Lipinski definition) is 3. The summed E-state index contributed by atoms with van der Waals surface area (Å²) >= 11 is 0. The van der Waals surface area contributed by atoms with Gasteiger partial charge in [0, 0.05) is 18.4 Å². The van der Waals surface area contributed by atoms with Gasteiger partial charge in [0.1, 0.15) is 0 Å². The van der Waals surface area contributed by atoms with Crippen LogP contribution in [0.5, 0.6) is 0 Å². The van der Waals surface area contributed by atoms with Crippen LogP contribution in [0.15, 0.2) is 23.8 Å². The Balaban J connectivity index is 1.73. The average Bonchev–Trinajstić information content (AvgIpc) is 2.85. The first kappa shape index (κ1) is 16.8. The number of ether oxygens (including phenoxy) is 1. The summed E-state index contributed by atoms with van der Waals surface area (Å²) in [5.41, 5.74) is 1.54. The number of aliphatic hydroxyl groups is 2. The van der Waals surface area contributed by atoms with Crippen LogP contribution >= 0.6 is 0 Å². The van der Waals surface area contributed by atoms with E-state index in [-0.39, 0.29) is 16.9 Å². The van der Waals surface area contributed by atoms with Crippen LogP contribution in [0, 0.1) is 34.5 Å². The predicted molar refractivity (Wildman–Crippen MR) is 94.4 cm³/mol. The second-order valence-electron chi connectivity index (χ2n) is 9.16. The van der Waals surface area contributed by atoms with E-state index in [0.29, 0.717) is 23.7 Å². The third-order valence-electron chi connectivity index (χ3n) is 8.13. The Morgan fingerprint density at radius 3 is 2.71 bits per heavy atom. The summed E-state index contributed by atoms with van der Waals surface area (Å²) in [4.78, 5) is 0. The first-order chi connectivity index (χ1) is 11.4.